The molecular weight excluding hydrogens is 374 g/mol. The van der Waals surface area contributed by atoms with Gasteiger partial charge in [-0.15, -0.1) is 0 Å². The largest absolute Gasteiger partial charge is 0.452 e. The van der Waals surface area contributed by atoms with E-state index < -0.39 is 29.9 Å². The number of anilines is 1. The Kier molecular flexibility index (Phi) is 6.20. The second kappa shape index (κ2) is 8.63. The normalized spacial score (nSPS) is 21.1. The van der Waals surface area contributed by atoms with E-state index in [1.54, 1.807) is 4.90 Å². The molecule has 0 spiro atoms. The third kappa shape index (κ3) is 4.26. The van der Waals surface area contributed by atoms with Crippen molar-refractivity contribution in [2.24, 2.45) is 5.92 Å². The van der Waals surface area contributed by atoms with Crippen LogP contribution in [0.4, 0.5) is 10.5 Å². The number of urea groups is 1. The van der Waals surface area contributed by atoms with Crippen molar-refractivity contribution in [2.75, 3.05) is 24.5 Å². The van der Waals surface area contributed by atoms with Crippen LogP contribution in [0.15, 0.2) is 24.3 Å². The molecule has 0 aromatic heterocycles. The van der Waals surface area contributed by atoms with Crippen molar-refractivity contribution >= 4 is 29.5 Å². The number of rotatable bonds is 6. The topological polar surface area (TPSA) is 96.0 Å². The highest BCUT2D eigenvalue weighted by Crippen LogP contribution is 2.33. The highest BCUT2D eigenvalue weighted by Gasteiger charge is 2.39. The summed E-state index contributed by atoms with van der Waals surface area (Å²) in [6.07, 6.45) is -0.101. The molecule has 8 nitrogen and oxygen atoms in total. The lowest BCUT2D eigenvalue weighted by Gasteiger charge is -2.23. The van der Waals surface area contributed by atoms with Crippen molar-refractivity contribution in [1.82, 2.24) is 10.2 Å². The van der Waals surface area contributed by atoms with Gasteiger partial charge in [0.1, 0.15) is 0 Å². The lowest BCUT2D eigenvalue weighted by atomic mass is 9.96. The maximum absolute atomic E-state index is 12.6. The Balaban J connectivity index is 1.66. The summed E-state index contributed by atoms with van der Waals surface area (Å²) in [5.41, 5.74) is 1.89. The number of hydrogen-bond acceptors (Lipinski definition) is 5. The quantitative estimate of drug-likeness (QED) is 0.736. The third-order valence-electron chi connectivity index (χ3n) is 5.59. The fourth-order valence-corrected chi connectivity index (χ4v) is 3.69. The number of carbonyl (C=O) groups is 4. The molecule has 1 aromatic carbocycles. The Morgan fingerprint density at radius 3 is 2.62 bits per heavy atom. The molecule has 1 N–H and O–H groups in total. The maximum Gasteiger partial charge on any atom is 0.324 e. The molecule has 3 rings (SSSR count). The molecule has 2 fully saturated rings. The molecule has 1 aromatic rings. The smallest absolute Gasteiger partial charge is 0.324 e. The van der Waals surface area contributed by atoms with Gasteiger partial charge >= 0.3 is 12.0 Å². The number of amides is 4. The second-order valence-corrected chi connectivity index (χ2v) is 7.57. The monoisotopic (exact) mass is 401 g/mol. The molecule has 2 aliphatic heterocycles. The molecule has 2 aliphatic rings. The van der Waals surface area contributed by atoms with Gasteiger partial charge in [-0.1, -0.05) is 32.0 Å². The fourth-order valence-electron chi connectivity index (χ4n) is 3.69. The first-order chi connectivity index (χ1) is 13.8. The van der Waals surface area contributed by atoms with Gasteiger partial charge in [-0.25, -0.2) is 4.79 Å². The zero-order chi connectivity index (χ0) is 21.1. The third-order valence-corrected chi connectivity index (χ3v) is 5.59. The van der Waals surface area contributed by atoms with Gasteiger partial charge in [0.2, 0.25) is 5.91 Å². The number of para-hydroxylation sites is 1. The van der Waals surface area contributed by atoms with E-state index in [4.69, 9.17) is 4.74 Å². The van der Waals surface area contributed by atoms with Crippen LogP contribution in [-0.4, -0.2) is 54.5 Å². The van der Waals surface area contributed by atoms with E-state index in [0.717, 1.165) is 22.6 Å². The van der Waals surface area contributed by atoms with Crippen LogP contribution in [0.3, 0.4) is 0 Å². The summed E-state index contributed by atoms with van der Waals surface area (Å²) >= 11 is 0. The molecule has 2 heterocycles. The predicted molar refractivity (Wildman–Crippen MR) is 106 cm³/mol. The van der Waals surface area contributed by atoms with Crippen LogP contribution in [-0.2, 0) is 19.1 Å². The van der Waals surface area contributed by atoms with Gasteiger partial charge in [0.25, 0.3) is 5.91 Å². The Morgan fingerprint density at radius 1 is 1.24 bits per heavy atom. The van der Waals surface area contributed by atoms with Crippen LogP contribution in [0, 0.1) is 5.92 Å². The standard InChI is InChI=1S/C21H27N3O5/c1-4-13(2)16-7-5-6-8-17(16)24-12-15(11-18(24)25)20(27)29-14(3)19(26)23-10-9-22-21(23)28/h5-8,13-15H,4,9-12H2,1-3H3,(H,22,28)/t13-,14+,15+/m1/s1. The molecule has 0 bridgehead atoms. The average Bonchev–Trinajstić information content (AvgIpc) is 3.32. The number of hydrogen-bond donors (Lipinski definition) is 1. The summed E-state index contributed by atoms with van der Waals surface area (Å²) in [7, 11) is 0. The minimum Gasteiger partial charge on any atom is -0.452 e. The molecule has 0 unspecified atom stereocenters. The van der Waals surface area contributed by atoms with Gasteiger partial charge in [-0.05, 0) is 30.9 Å². The Labute approximate surface area is 170 Å². The lowest BCUT2D eigenvalue weighted by Crippen LogP contribution is -2.42. The zero-order valence-corrected chi connectivity index (χ0v) is 17.0. The van der Waals surface area contributed by atoms with Gasteiger partial charge in [0.15, 0.2) is 6.10 Å². The summed E-state index contributed by atoms with van der Waals surface area (Å²) < 4.78 is 5.30. The van der Waals surface area contributed by atoms with Crippen LogP contribution in [0.1, 0.15) is 45.1 Å². The molecule has 4 amide bonds. The van der Waals surface area contributed by atoms with Crippen molar-refractivity contribution in [2.45, 2.75) is 45.6 Å². The minimum absolute atomic E-state index is 0.0405. The van der Waals surface area contributed by atoms with Crippen LogP contribution in [0.25, 0.3) is 0 Å². The molecule has 8 heteroatoms. The summed E-state index contributed by atoms with van der Waals surface area (Å²) in [5.74, 6) is -1.65. The van der Waals surface area contributed by atoms with Crippen molar-refractivity contribution in [3.63, 3.8) is 0 Å². The van der Waals surface area contributed by atoms with Gasteiger partial charge in [-0.3, -0.25) is 19.3 Å². The van der Waals surface area contributed by atoms with E-state index in [1.165, 1.54) is 6.92 Å². The SMILES string of the molecule is CC[C@@H](C)c1ccccc1N1C[C@@H](C(=O)O[C@@H](C)C(=O)N2CCNC2=O)CC1=O. The molecule has 29 heavy (non-hydrogen) atoms. The Hall–Kier alpha value is -2.90. The number of nitrogens with one attached hydrogen (secondary N) is 1. The number of nitrogens with zero attached hydrogens (tertiary/aromatic N) is 2. The average molecular weight is 401 g/mol. The molecular formula is C21H27N3O5. The summed E-state index contributed by atoms with van der Waals surface area (Å²) in [5, 5.41) is 2.54. The van der Waals surface area contributed by atoms with Crippen LogP contribution in [0.5, 0.6) is 0 Å². The number of carbonyl (C=O) groups excluding carboxylic acids is 4. The van der Waals surface area contributed by atoms with E-state index >= 15 is 0 Å². The first-order valence-electron chi connectivity index (χ1n) is 10.0. The molecule has 0 aliphatic carbocycles. The van der Waals surface area contributed by atoms with Crippen molar-refractivity contribution in [3.8, 4) is 0 Å². The van der Waals surface area contributed by atoms with Crippen molar-refractivity contribution in [1.29, 1.82) is 0 Å². The van der Waals surface area contributed by atoms with Crippen molar-refractivity contribution < 1.29 is 23.9 Å². The van der Waals surface area contributed by atoms with Crippen LogP contribution in [0.2, 0.25) is 0 Å². The van der Waals surface area contributed by atoms with E-state index in [-0.39, 0.29) is 31.3 Å². The summed E-state index contributed by atoms with van der Waals surface area (Å²) in [6.45, 7) is 6.49. The van der Waals surface area contributed by atoms with Gasteiger partial charge < -0.3 is 15.0 Å². The summed E-state index contributed by atoms with van der Waals surface area (Å²) in [4.78, 5) is 51.8. The number of ether oxygens (including phenoxy) is 1. The van der Waals surface area contributed by atoms with Crippen LogP contribution >= 0.6 is 0 Å². The van der Waals surface area contributed by atoms with Crippen molar-refractivity contribution in [3.05, 3.63) is 29.8 Å². The van der Waals surface area contributed by atoms with Gasteiger partial charge in [-0.2, -0.15) is 0 Å². The van der Waals surface area contributed by atoms with E-state index in [1.807, 2.05) is 24.3 Å². The Morgan fingerprint density at radius 2 is 1.97 bits per heavy atom. The zero-order valence-electron chi connectivity index (χ0n) is 17.0. The highest BCUT2D eigenvalue weighted by atomic mass is 16.5. The van der Waals surface area contributed by atoms with Gasteiger partial charge in [0.05, 0.1) is 5.92 Å². The number of esters is 1. The van der Waals surface area contributed by atoms with E-state index in [2.05, 4.69) is 19.2 Å². The van der Waals surface area contributed by atoms with E-state index in [0.29, 0.717) is 6.54 Å². The highest BCUT2D eigenvalue weighted by molar-refractivity contribution is 6.01. The van der Waals surface area contributed by atoms with Gasteiger partial charge in [0, 0.05) is 31.7 Å². The fraction of sp³-hybridized carbons (Fsp3) is 0.524. The second-order valence-electron chi connectivity index (χ2n) is 7.57. The molecule has 0 saturated carbocycles. The molecule has 156 valence electrons. The summed E-state index contributed by atoms with van der Waals surface area (Å²) in [6, 6.07) is 7.23. The predicted octanol–water partition coefficient (Wildman–Crippen LogP) is 2.04. The first-order valence-corrected chi connectivity index (χ1v) is 10.0. The molecule has 0 radical (unpaired) electrons. The maximum atomic E-state index is 12.6. The first kappa shape index (κ1) is 20.8. The molecule has 3 atom stereocenters. The van der Waals surface area contributed by atoms with E-state index in [9.17, 15) is 19.2 Å². The molecule has 2 saturated heterocycles. The minimum atomic E-state index is -1.08. The lowest BCUT2D eigenvalue weighted by molar-refractivity contribution is -0.160. The van der Waals surface area contributed by atoms with Crippen LogP contribution < -0.4 is 10.2 Å². The Bertz CT molecular complexity index is 824. The number of imide groups is 1. The number of benzene rings is 1.